The molecule has 0 bridgehead atoms. The first-order valence-electron chi connectivity index (χ1n) is 7.30. The second-order valence-electron chi connectivity index (χ2n) is 5.40. The molecule has 1 aliphatic rings. The van der Waals surface area contributed by atoms with E-state index in [1.165, 1.54) is 0 Å². The van der Waals surface area contributed by atoms with Crippen LogP contribution in [0.4, 0.5) is 11.4 Å². The number of nitrogen functional groups attached to an aromatic ring is 1. The molecule has 0 aromatic heterocycles. The maximum atomic E-state index is 11.9. The third-order valence-electron chi connectivity index (χ3n) is 3.84. The van der Waals surface area contributed by atoms with Crippen LogP contribution in [0.3, 0.4) is 0 Å². The molecule has 1 aromatic rings. The van der Waals surface area contributed by atoms with Crippen molar-refractivity contribution in [1.29, 1.82) is 0 Å². The molecule has 1 aliphatic heterocycles. The van der Waals surface area contributed by atoms with Crippen molar-refractivity contribution in [3.05, 3.63) is 23.2 Å². The molecule has 116 valence electrons. The van der Waals surface area contributed by atoms with Gasteiger partial charge in [-0.1, -0.05) is 11.6 Å². The number of benzene rings is 1. The van der Waals surface area contributed by atoms with Gasteiger partial charge in [0.05, 0.1) is 17.3 Å². The zero-order valence-electron chi connectivity index (χ0n) is 12.0. The first-order valence-corrected chi connectivity index (χ1v) is 7.67. The Kier molecular flexibility index (Phi) is 5.85. The first-order chi connectivity index (χ1) is 10.1. The van der Waals surface area contributed by atoms with Gasteiger partial charge in [0.25, 0.3) is 0 Å². The van der Waals surface area contributed by atoms with E-state index in [0.717, 1.165) is 32.4 Å². The van der Waals surface area contributed by atoms with Crippen LogP contribution in [-0.4, -0.2) is 41.7 Å². The molecule has 0 radical (unpaired) electrons. The zero-order valence-corrected chi connectivity index (χ0v) is 12.8. The summed E-state index contributed by atoms with van der Waals surface area (Å²) in [5, 5.41) is 12.5. The topological polar surface area (TPSA) is 78.6 Å². The number of hydrogen-bond acceptors (Lipinski definition) is 4. The van der Waals surface area contributed by atoms with E-state index in [1.807, 2.05) is 0 Å². The SMILES string of the molecule is Nc1cc(NC(=O)CCCN2CCCC2CO)ccc1Cl. The fraction of sp³-hybridized carbons (Fsp3) is 0.533. The summed E-state index contributed by atoms with van der Waals surface area (Å²) < 4.78 is 0. The van der Waals surface area contributed by atoms with E-state index in [9.17, 15) is 9.90 Å². The van der Waals surface area contributed by atoms with Gasteiger partial charge in [0.1, 0.15) is 0 Å². The van der Waals surface area contributed by atoms with Gasteiger partial charge in [-0.05, 0) is 50.6 Å². The predicted molar refractivity (Wildman–Crippen MR) is 85.4 cm³/mol. The number of carbonyl (C=O) groups is 1. The summed E-state index contributed by atoms with van der Waals surface area (Å²) in [5.41, 5.74) is 6.82. The minimum absolute atomic E-state index is 0.0310. The summed E-state index contributed by atoms with van der Waals surface area (Å²) >= 11 is 5.84. The quantitative estimate of drug-likeness (QED) is 0.703. The molecule has 1 heterocycles. The van der Waals surface area contributed by atoms with Crippen LogP contribution >= 0.6 is 11.6 Å². The summed E-state index contributed by atoms with van der Waals surface area (Å²) in [6, 6.07) is 5.33. The van der Waals surface area contributed by atoms with Gasteiger partial charge in [0.15, 0.2) is 0 Å². The highest BCUT2D eigenvalue weighted by Gasteiger charge is 2.22. The monoisotopic (exact) mass is 311 g/mol. The number of hydrogen-bond donors (Lipinski definition) is 3. The molecule has 4 N–H and O–H groups in total. The van der Waals surface area contributed by atoms with Gasteiger partial charge in [-0.25, -0.2) is 0 Å². The van der Waals surface area contributed by atoms with Crippen molar-refractivity contribution in [2.75, 3.05) is 30.7 Å². The Hall–Kier alpha value is -1.30. The van der Waals surface area contributed by atoms with Gasteiger partial charge in [0.2, 0.25) is 5.91 Å². The van der Waals surface area contributed by atoms with Crippen LogP contribution in [0.1, 0.15) is 25.7 Å². The number of aliphatic hydroxyl groups excluding tert-OH is 1. The smallest absolute Gasteiger partial charge is 0.224 e. The number of halogens is 1. The second kappa shape index (κ2) is 7.64. The average Bonchev–Trinajstić information content (AvgIpc) is 2.90. The second-order valence-corrected chi connectivity index (χ2v) is 5.81. The number of anilines is 2. The van der Waals surface area contributed by atoms with Gasteiger partial charge in [0, 0.05) is 18.2 Å². The molecule has 6 heteroatoms. The van der Waals surface area contributed by atoms with Crippen molar-refractivity contribution in [1.82, 2.24) is 4.90 Å². The largest absolute Gasteiger partial charge is 0.397 e. The molecular weight excluding hydrogens is 290 g/mol. The summed E-state index contributed by atoms with van der Waals surface area (Å²) in [6.07, 6.45) is 3.41. The standard InChI is InChI=1S/C15H22ClN3O2/c16-13-6-5-11(9-14(13)17)18-15(21)4-2-8-19-7-1-3-12(19)10-20/h5-6,9,12,20H,1-4,7-8,10,17H2,(H,18,21). The molecule has 1 atom stereocenters. The Morgan fingerprint density at radius 1 is 1.52 bits per heavy atom. The molecule has 0 saturated carbocycles. The Balaban J connectivity index is 1.73. The normalized spacial score (nSPS) is 18.9. The van der Waals surface area contributed by atoms with E-state index in [2.05, 4.69) is 10.2 Å². The van der Waals surface area contributed by atoms with E-state index in [1.54, 1.807) is 18.2 Å². The molecule has 0 spiro atoms. The number of nitrogens with zero attached hydrogens (tertiary/aromatic N) is 1. The highest BCUT2D eigenvalue weighted by molar-refractivity contribution is 6.33. The van der Waals surface area contributed by atoms with Gasteiger partial charge >= 0.3 is 0 Å². The van der Waals surface area contributed by atoms with E-state index in [0.29, 0.717) is 22.8 Å². The Labute approximate surface area is 130 Å². The first kappa shape index (κ1) is 16.1. The van der Waals surface area contributed by atoms with Gasteiger partial charge < -0.3 is 16.2 Å². The molecule has 1 saturated heterocycles. The molecule has 0 aliphatic carbocycles. The Morgan fingerprint density at radius 3 is 3.05 bits per heavy atom. The lowest BCUT2D eigenvalue weighted by molar-refractivity contribution is -0.116. The molecule has 1 amide bonds. The fourth-order valence-electron chi connectivity index (χ4n) is 2.68. The van der Waals surface area contributed by atoms with Crippen LogP contribution in [0.2, 0.25) is 5.02 Å². The van der Waals surface area contributed by atoms with E-state index < -0.39 is 0 Å². The van der Waals surface area contributed by atoms with Crippen LogP contribution in [0.5, 0.6) is 0 Å². The lowest BCUT2D eigenvalue weighted by atomic mass is 10.2. The lowest BCUT2D eigenvalue weighted by Crippen LogP contribution is -2.33. The van der Waals surface area contributed by atoms with Crippen molar-refractivity contribution in [2.24, 2.45) is 0 Å². The maximum Gasteiger partial charge on any atom is 0.224 e. The summed E-state index contributed by atoms with van der Waals surface area (Å²) in [6.45, 7) is 2.07. The summed E-state index contributed by atoms with van der Waals surface area (Å²) in [4.78, 5) is 14.1. The Bertz CT molecular complexity index is 496. The predicted octanol–water partition coefficient (Wildman–Crippen LogP) is 2.10. The molecule has 1 unspecified atom stereocenters. The van der Waals surface area contributed by atoms with Gasteiger partial charge in [-0.2, -0.15) is 0 Å². The molecule has 1 fully saturated rings. The van der Waals surface area contributed by atoms with Crippen molar-refractivity contribution >= 4 is 28.9 Å². The minimum atomic E-state index is -0.0310. The van der Waals surface area contributed by atoms with Crippen molar-refractivity contribution < 1.29 is 9.90 Å². The molecular formula is C15H22ClN3O2. The molecule has 2 rings (SSSR count). The van der Waals surface area contributed by atoms with Crippen molar-refractivity contribution in [3.8, 4) is 0 Å². The van der Waals surface area contributed by atoms with Gasteiger partial charge in [-0.3, -0.25) is 9.69 Å². The van der Waals surface area contributed by atoms with Crippen LogP contribution < -0.4 is 11.1 Å². The Morgan fingerprint density at radius 2 is 2.33 bits per heavy atom. The van der Waals surface area contributed by atoms with E-state index >= 15 is 0 Å². The van der Waals surface area contributed by atoms with Crippen LogP contribution in [-0.2, 0) is 4.79 Å². The highest BCUT2D eigenvalue weighted by atomic mass is 35.5. The number of nitrogens with one attached hydrogen (secondary N) is 1. The number of likely N-dealkylation sites (tertiary alicyclic amines) is 1. The molecule has 21 heavy (non-hydrogen) atoms. The van der Waals surface area contributed by atoms with Crippen molar-refractivity contribution in [2.45, 2.75) is 31.7 Å². The third-order valence-corrected chi connectivity index (χ3v) is 4.18. The number of rotatable bonds is 6. The molecule has 5 nitrogen and oxygen atoms in total. The lowest BCUT2D eigenvalue weighted by Gasteiger charge is -2.22. The summed E-state index contributed by atoms with van der Waals surface area (Å²) in [5.74, 6) is -0.0310. The van der Waals surface area contributed by atoms with E-state index in [4.69, 9.17) is 17.3 Å². The number of amides is 1. The van der Waals surface area contributed by atoms with Crippen molar-refractivity contribution in [3.63, 3.8) is 0 Å². The number of nitrogens with two attached hydrogens (primary N) is 1. The maximum absolute atomic E-state index is 11.9. The van der Waals surface area contributed by atoms with Crippen LogP contribution in [0.25, 0.3) is 0 Å². The number of aliphatic hydroxyl groups is 1. The highest BCUT2D eigenvalue weighted by Crippen LogP contribution is 2.22. The zero-order chi connectivity index (χ0) is 15.2. The van der Waals surface area contributed by atoms with Gasteiger partial charge in [-0.15, -0.1) is 0 Å². The fourth-order valence-corrected chi connectivity index (χ4v) is 2.80. The average molecular weight is 312 g/mol. The minimum Gasteiger partial charge on any atom is -0.397 e. The molecule has 1 aromatic carbocycles. The van der Waals surface area contributed by atoms with Crippen LogP contribution in [0, 0.1) is 0 Å². The van der Waals surface area contributed by atoms with Crippen LogP contribution in [0.15, 0.2) is 18.2 Å². The number of carbonyl (C=O) groups excluding carboxylic acids is 1. The third kappa shape index (κ3) is 4.59. The van der Waals surface area contributed by atoms with E-state index in [-0.39, 0.29) is 18.6 Å². The summed E-state index contributed by atoms with van der Waals surface area (Å²) in [7, 11) is 0.